The van der Waals surface area contributed by atoms with Gasteiger partial charge in [0.1, 0.15) is 0 Å². The number of carbonyl (C=O) groups is 2. The van der Waals surface area contributed by atoms with Crippen LogP contribution in [0.25, 0.3) is 0 Å². The Labute approximate surface area is 145 Å². The van der Waals surface area contributed by atoms with E-state index in [9.17, 15) is 18.4 Å². The monoisotopic (exact) mass is 351 g/mol. The largest absolute Gasteiger partial charge is 0.346 e. The number of hydrogen-bond acceptors (Lipinski definition) is 3. The number of rotatable bonds is 8. The van der Waals surface area contributed by atoms with Crippen molar-refractivity contribution < 1.29 is 18.4 Å². The molecule has 7 heteroatoms. The van der Waals surface area contributed by atoms with E-state index in [4.69, 9.17) is 0 Å². The molecule has 5 nitrogen and oxygen atoms in total. The molecule has 1 atom stereocenters. The summed E-state index contributed by atoms with van der Waals surface area (Å²) in [5, 5.41) is 5.03. The van der Waals surface area contributed by atoms with Gasteiger partial charge in [0.05, 0.1) is 13.1 Å². The van der Waals surface area contributed by atoms with Crippen LogP contribution in [0.4, 0.5) is 14.5 Å². The molecule has 2 N–H and O–H groups in total. The van der Waals surface area contributed by atoms with Crippen LogP contribution in [-0.4, -0.2) is 41.9 Å². The zero-order chi connectivity index (χ0) is 18.0. The Kier molecular flexibility index (Phi) is 5.32. The predicted octanol–water partition coefficient (Wildman–Crippen LogP) is 2.28. The van der Waals surface area contributed by atoms with Crippen molar-refractivity contribution in [2.45, 2.75) is 44.7 Å². The quantitative estimate of drug-likeness (QED) is 0.755. The van der Waals surface area contributed by atoms with Crippen molar-refractivity contribution in [2.24, 2.45) is 5.92 Å². The first-order chi connectivity index (χ1) is 11.9. The molecule has 0 spiro atoms. The smallest absolute Gasteiger partial charge is 0.243 e. The highest BCUT2D eigenvalue weighted by Crippen LogP contribution is 2.39. The van der Waals surface area contributed by atoms with Gasteiger partial charge >= 0.3 is 0 Å². The molecule has 2 fully saturated rings. The van der Waals surface area contributed by atoms with E-state index in [2.05, 4.69) is 22.5 Å². The highest BCUT2D eigenvalue weighted by molar-refractivity contribution is 5.94. The van der Waals surface area contributed by atoms with E-state index in [1.165, 1.54) is 18.9 Å². The molecule has 2 aliphatic carbocycles. The fraction of sp³-hybridized carbons (Fsp3) is 0.556. The van der Waals surface area contributed by atoms with Crippen LogP contribution in [0.1, 0.15) is 32.6 Å². The van der Waals surface area contributed by atoms with Crippen molar-refractivity contribution in [2.75, 3.05) is 18.4 Å². The van der Waals surface area contributed by atoms with Crippen LogP contribution in [0.15, 0.2) is 18.2 Å². The van der Waals surface area contributed by atoms with Gasteiger partial charge in [0.25, 0.3) is 0 Å². The zero-order valence-corrected chi connectivity index (χ0v) is 14.2. The highest BCUT2D eigenvalue weighted by Gasteiger charge is 2.39. The molecule has 2 saturated carbocycles. The van der Waals surface area contributed by atoms with Gasteiger partial charge in [0, 0.05) is 23.8 Å². The van der Waals surface area contributed by atoms with E-state index in [0.717, 1.165) is 25.0 Å². The summed E-state index contributed by atoms with van der Waals surface area (Å²) in [7, 11) is 0. The number of anilines is 1. The summed E-state index contributed by atoms with van der Waals surface area (Å²) in [6.45, 7) is 2.26. The standard InChI is InChI=1S/C18H23F2N3O2/c1-11(12-2-3-12)23(14-5-6-14)10-18(25)21-9-17(24)22-13-4-7-15(19)16(20)8-13/h4,7-8,11-12,14H,2-3,5-6,9-10H2,1H3,(H,21,25)(H,22,24). The fourth-order valence-electron chi connectivity index (χ4n) is 3.04. The average Bonchev–Trinajstić information content (AvgIpc) is 3.46. The number of nitrogens with zero attached hydrogens (tertiary/aromatic N) is 1. The van der Waals surface area contributed by atoms with Crippen LogP contribution in [0.2, 0.25) is 0 Å². The summed E-state index contributed by atoms with van der Waals surface area (Å²) in [5.41, 5.74) is 0.153. The SMILES string of the molecule is CC(C1CC1)N(CC(=O)NCC(=O)Nc1ccc(F)c(F)c1)C1CC1. The van der Waals surface area contributed by atoms with E-state index in [1.807, 2.05) is 0 Å². The van der Waals surface area contributed by atoms with Crippen LogP contribution >= 0.6 is 0 Å². The number of halogens is 2. The molecule has 3 rings (SSSR count). The Morgan fingerprint density at radius 2 is 1.88 bits per heavy atom. The molecule has 0 aliphatic heterocycles. The first-order valence-electron chi connectivity index (χ1n) is 8.71. The van der Waals surface area contributed by atoms with Gasteiger partial charge in [-0.2, -0.15) is 0 Å². The lowest BCUT2D eigenvalue weighted by atomic mass is 10.1. The van der Waals surface area contributed by atoms with Crippen molar-refractivity contribution in [3.63, 3.8) is 0 Å². The zero-order valence-electron chi connectivity index (χ0n) is 14.2. The fourth-order valence-corrected chi connectivity index (χ4v) is 3.04. The van der Waals surface area contributed by atoms with Crippen LogP contribution in [-0.2, 0) is 9.59 Å². The number of hydrogen-bond donors (Lipinski definition) is 2. The minimum absolute atomic E-state index is 0.153. The Morgan fingerprint density at radius 3 is 2.48 bits per heavy atom. The molecule has 0 saturated heterocycles. The third-order valence-electron chi connectivity index (χ3n) is 4.82. The summed E-state index contributed by atoms with van der Waals surface area (Å²) in [5.74, 6) is -2.00. The van der Waals surface area contributed by atoms with Gasteiger partial charge < -0.3 is 10.6 Å². The number of carbonyl (C=O) groups excluding carboxylic acids is 2. The van der Waals surface area contributed by atoms with E-state index >= 15 is 0 Å². The summed E-state index contributed by atoms with van der Waals surface area (Å²) in [6, 6.07) is 3.99. The maximum atomic E-state index is 13.1. The predicted molar refractivity (Wildman–Crippen MR) is 89.9 cm³/mol. The van der Waals surface area contributed by atoms with Gasteiger partial charge in [-0.1, -0.05) is 0 Å². The molecule has 1 unspecified atom stereocenters. The van der Waals surface area contributed by atoms with Crippen molar-refractivity contribution in [3.8, 4) is 0 Å². The summed E-state index contributed by atoms with van der Waals surface area (Å²) in [6.07, 6.45) is 4.70. The van der Waals surface area contributed by atoms with Crippen LogP contribution in [0.5, 0.6) is 0 Å². The molecule has 2 aliphatic rings. The molecule has 0 bridgehead atoms. The van der Waals surface area contributed by atoms with E-state index in [1.54, 1.807) is 0 Å². The molecule has 136 valence electrons. The topological polar surface area (TPSA) is 61.4 Å². The van der Waals surface area contributed by atoms with Gasteiger partial charge in [0.15, 0.2) is 11.6 Å². The van der Waals surface area contributed by atoms with Gasteiger partial charge in [0.2, 0.25) is 11.8 Å². The molecule has 0 aromatic heterocycles. The molecule has 25 heavy (non-hydrogen) atoms. The maximum Gasteiger partial charge on any atom is 0.243 e. The molecule has 2 amide bonds. The summed E-state index contributed by atoms with van der Waals surface area (Å²) >= 11 is 0. The minimum Gasteiger partial charge on any atom is -0.346 e. The first kappa shape index (κ1) is 17.8. The lowest BCUT2D eigenvalue weighted by molar-refractivity contribution is -0.125. The third kappa shape index (κ3) is 4.98. The number of benzene rings is 1. The third-order valence-corrected chi connectivity index (χ3v) is 4.82. The van der Waals surface area contributed by atoms with Gasteiger partial charge in [-0.05, 0) is 50.7 Å². The van der Waals surface area contributed by atoms with Crippen molar-refractivity contribution in [1.29, 1.82) is 0 Å². The summed E-state index contributed by atoms with van der Waals surface area (Å²) in [4.78, 5) is 26.2. The van der Waals surface area contributed by atoms with Gasteiger partial charge in [-0.3, -0.25) is 14.5 Å². The molecule has 1 aromatic rings. The van der Waals surface area contributed by atoms with Crippen molar-refractivity contribution in [3.05, 3.63) is 29.8 Å². The summed E-state index contributed by atoms with van der Waals surface area (Å²) < 4.78 is 26.0. The van der Waals surface area contributed by atoms with Crippen molar-refractivity contribution in [1.82, 2.24) is 10.2 Å². The molecular weight excluding hydrogens is 328 g/mol. The minimum atomic E-state index is -1.03. The van der Waals surface area contributed by atoms with Crippen LogP contribution in [0.3, 0.4) is 0 Å². The number of amides is 2. The second-order valence-electron chi connectivity index (χ2n) is 6.94. The molecule has 1 aromatic carbocycles. The van der Waals surface area contributed by atoms with E-state index in [-0.39, 0.29) is 18.1 Å². The second kappa shape index (κ2) is 7.47. The van der Waals surface area contributed by atoms with E-state index in [0.29, 0.717) is 24.5 Å². The van der Waals surface area contributed by atoms with Crippen LogP contribution in [0, 0.1) is 17.6 Å². The highest BCUT2D eigenvalue weighted by atomic mass is 19.2. The van der Waals surface area contributed by atoms with Crippen molar-refractivity contribution >= 4 is 17.5 Å². The Morgan fingerprint density at radius 1 is 1.16 bits per heavy atom. The van der Waals surface area contributed by atoms with E-state index < -0.39 is 17.5 Å². The lowest BCUT2D eigenvalue weighted by Crippen LogP contribution is -2.45. The molecular formula is C18H23F2N3O2. The Balaban J connectivity index is 1.44. The average molecular weight is 351 g/mol. The van der Waals surface area contributed by atoms with Gasteiger partial charge in [-0.15, -0.1) is 0 Å². The number of nitrogens with one attached hydrogen (secondary N) is 2. The second-order valence-corrected chi connectivity index (χ2v) is 6.94. The first-order valence-corrected chi connectivity index (χ1v) is 8.71. The maximum absolute atomic E-state index is 13.1. The van der Waals surface area contributed by atoms with Crippen LogP contribution < -0.4 is 10.6 Å². The Hall–Kier alpha value is -2.02. The lowest BCUT2D eigenvalue weighted by Gasteiger charge is -2.28. The molecule has 0 radical (unpaired) electrons. The normalized spacial score (nSPS) is 18.1. The molecule has 0 heterocycles. The van der Waals surface area contributed by atoms with Gasteiger partial charge in [-0.25, -0.2) is 8.78 Å². The Bertz CT molecular complexity index is 660.